The van der Waals surface area contributed by atoms with Crippen molar-refractivity contribution in [3.63, 3.8) is 0 Å². The normalized spacial score (nSPS) is 17.7. The van der Waals surface area contributed by atoms with Crippen molar-refractivity contribution >= 4 is 0 Å². The largest absolute Gasteiger partial charge is 0.294 e. The first-order valence-electron chi connectivity index (χ1n) is 7.06. The lowest BCUT2D eigenvalue weighted by Gasteiger charge is -2.41. The first kappa shape index (κ1) is 13.6. The van der Waals surface area contributed by atoms with Gasteiger partial charge in [0, 0.05) is 18.6 Å². The molecule has 1 aliphatic rings. The molecule has 0 spiro atoms. The van der Waals surface area contributed by atoms with E-state index >= 15 is 0 Å². The van der Waals surface area contributed by atoms with E-state index in [1.54, 1.807) is 11.1 Å². The maximum atomic E-state index is 2.60. The van der Waals surface area contributed by atoms with E-state index in [2.05, 4.69) is 64.6 Å². The first-order valence-corrected chi connectivity index (χ1v) is 7.06. The van der Waals surface area contributed by atoms with E-state index in [0.29, 0.717) is 0 Å². The summed E-state index contributed by atoms with van der Waals surface area (Å²) in [7, 11) is 0. The maximum absolute atomic E-state index is 2.60. The molecule has 0 unspecified atom stereocenters. The molecule has 0 radical (unpaired) electrons. The summed E-state index contributed by atoms with van der Waals surface area (Å²) in [4.78, 5) is 2.60. The fourth-order valence-corrected chi connectivity index (χ4v) is 2.86. The highest BCUT2D eigenvalue weighted by molar-refractivity contribution is 5.40. The molecular formula is C17H27N. The SMILES string of the molecule is CC(C)(C)c1cccc2c1CN(C(C)(C)C)CC2. The second-order valence-corrected chi connectivity index (χ2v) is 7.54. The predicted molar refractivity (Wildman–Crippen MR) is 79.0 cm³/mol. The number of hydrogen-bond acceptors (Lipinski definition) is 1. The topological polar surface area (TPSA) is 3.24 Å². The third kappa shape index (κ3) is 2.61. The van der Waals surface area contributed by atoms with Crippen LogP contribution in [0.25, 0.3) is 0 Å². The van der Waals surface area contributed by atoms with E-state index < -0.39 is 0 Å². The van der Waals surface area contributed by atoms with Gasteiger partial charge < -0.3 is 0 Å². The van der Waals surface area contributed by atoms with Gasteiger partial charge in [-0.05, 0) is 49.3 Å². The average Bonchev–Trinajstić information content (AvgIpc) is 2.25. The molecule has 1 nitrogen and oxygen atoms in total. The van der Waals surface area contributed by atoms with E-state index in [1.807, 2.05) is 0 Å². The summed E-state index contributed by atoms with van der Waals surface area (Å²) in [5, 5.41) is 0. The van der Waals surface area contributed by atoms with Gasteiger partial charge in [-0.1, -0.05) is 39.0 Å². The van der Waals surface area contributed by atoms with Crippen LogP contribution in [0.4, 0.5) is 0 Å². The van der Waals surface area contributed by atoms with Crippen LogP contribution in [-0.4, -0.2) is 17.0 Å². The van der Waals surface area contributed by atoms with Crippen LogP contribution in [-0.2, 0) is 18.4 Å². The Morgan fingerprint density at radius 1 is 1.00 bits per heavy atom. The van der Waals surface area contributed by atoms with Gasteiger partial charge in [0.05, 0.1) is 0 Å². The van der Waals surface area contributed by atoms with Crippen LogP contribution in [0.5, 0.6) is 0 Å². The summed E-state index contributed by atoms with van der Waals surface area (Å²) in [5.41, 5.74) is 5.16. The third-order valence-corrected chi connectivity index (χ3v) is 4.03. The van der Waals surface area contributed by atoms with Gasteiger partial charge in [0.2, 0.25) is 0 Å². The Bertz CT molecular complexity index is 432. The van der Waals surface area contributed by atoms with Gasteiger partial charge in [0.15, 0.2) is 0 Å². The molecule has 0 saturated carbocycles. The van der Waals surface area contributed by atoms with Crippen molar-refractivity contribution in [2.24, 2.45) is 0 Å². The van der Waals surface area contributed by atoms with Crippen LogP contribution in [0, 0.1) is 0 Å². The van der Waals surface area contributed by atoms with Gasteiger partial charge in [0.1, 0.15) is 0 Å². The van der Waals surface area contributed by atoms with E-state index in [4.69, 9.17) is 0 Å². The van der Waals surface area contributed by atoms with Gasteiger partial charge in [0.25, 0.3) is 0 Å². The molecule has 18 heavy (non-hydrogen) atoms. The van der Waals surface area contributed by atoms with E-state index in [-0.39, 0.29) is 11.0 Å². The fraction of sp³-hybridized carbons (Fsp3) is 0.647. The van der Waals surface area contributed by atoms with Crippen LogP contribution >= 0.6 is 0 Å². The molecule has 2 rings (SSSR count). The number of rotatable bonds is 0. The Kier molecular flexibility index (Phi) is 3.31. The second kappa shape index (κ2) is 4.38. The Balaban J connectivity index is 2.41. The summed E-state index contributed by atoms with van der Waals surface area (Å²) in [6.07, 6.45) is 1.19. The molecule has 1 heterocycles. The van der Waals surface area contributed by atoms with E-state index in [9.17, 15) is 0 Å². The Hall–Kier alpha value is -0.820. The molecule has 0 aliphatic carbocycles. The smallest absolute Gasteiger partial charge is 0.0244 e. The molecule has 0 N–H and O–H groups in total. The quantitative estimate of drug-likeness (QED) is 0.664. The number of fused-ring (bicyclic) bond motifs is 1. The summed E-state index contributed by atoms with van der Waals surface area (Å²) < 4.78 is 0. The van der Waals surface area contributed by atoms with Crippen LogP contribution in [0.2, 0.25) is 0 Å². The average molecular weight is 245 g/mol. The summed E-state index contributed by atoms with van der Waals surface area (Å²) >= 11 is 0. The minimum absolute atomic E-state index is 0.242. The standard InChI is InChI=1S/C17H27N/c1-16(2,3)15-9-7-8-13-10-11-18(12-14(13)15)17(4,5)6/h7-9H,10-12H2,1-6H3. The lowest BCUT2D eigenvalue weighted by molar-refractivity contribution is 0.120. The first-order chi connectivity index (χ1) is 8.19. The number of hydrogen-bond donors (Lipinski definition) is 0. The highest BCUT2D eigenvalue weighted by atomic mass is 15.2. The fourth-order valence-electron chi connectivity index (χ4n) is 2.86. The summed E-state index contributed by atoms with van der Waals surface area (Å²) in [5.74, 6) is 0. The van der Waals surface area contributed by atoms with Gasteiger partial charge >= 0.3 is 0 Å². The van der Waals surface area contributed by atoms with Crippen molar-refractivity contribution in [2.75, 3.05) is 6.54 Å². The van der Waals surface area contributed by atoms with Crippen molar-refractivity contribution < 1.29 is 0 Å². The molecule has 0 atom stereocenters. The highest BCUT2D eigenvalue weighted by Crippen LogP contribution is 2.33. The predicted octanol–water partition coefficient (Wildman–Crippen LogP) is 4.14. The van der Waals surface area contributed by atoms with Crippen molar-refractivity contribution in [1.82, 2.24) is 4.90 Å². The Morgan fingerprint density at radius 3 is 2.22 bits per heavy atom. The summed E-state index contributed by atoms with van der Waals surface area (Å²) in [6.45, 7) is 16.2. The zero-order valence-electron chi connectivity index (χ0n) is 12.8. The molecule has 0 bridgehead atoms. The molecular weight excluding hydrogens is 218 g/mol. The zero-order chi connectivity index (χ0) is 13.6. The van der Waals surface area contributed by atoms with Crippen molar-refractivity contribution in [1.29, 1.82) is 0 Å². The number of benzene rings is 1. The van der Waals surface area contributed by atoms with Crippen LogP contribution < -0.4 is 0 Å². The molecule has 0 saturated heterocycles. The molecule has 1 aromatic carbocycles. The van der Waals surface area contributed by atoms with Gasteiger partial charge in [-0.15, -0.1) is 0 Å². The third-order valence-electron chi connectivity index (χ3n) is 4.03. The molecule has 0 amide bonds. The maximum Gasteiger partial charge on any atom is 0.0244 e. The summed E-state index contributed by atoms with van der Waals surface area (Å²) in [6, 6.07) is 6.85. The molecule has 1 aliphatic heterocycles. The lowest BCUT2D eigenvalue weighted by Crippen LogP contribution is -2.44. The molecule has 1 aromatic rings. The Labute approximate surface area is 112 Å². The molecule has 100 valence electrons. The van der Waals surface area contributed by atoms with Crippen LogP contribution in [0.15, 0.2) is 18.2 Å². The highest BCUT2D eigenvalue weighted by Gasteiger charge is 2.29. The minimum Gasteiger partial charge on any atom is -0.294 e. The van der Waals surface area contributed by atoms with Gasteiger partial charge in [-0.2, -0.15) is 0 Å². The van der Waals surface area contributed by atoms with Crippen LogP contribution in [0.1, 0.15) is 58.2 Å². The monoisotopic (exact) mass is 245 g/mol. The van der Waals surface area contributed by atoms with E-state index in [0.717, 1.165) is 6.54 Å². The minimum atomic E-state index is 0.242. The van der Waals surface area contributed by atoms with Crippen molar-refractivity contribution in [3.8, 4) is 0 Å². The molecule has 1 heteroatoms. The zero-order valence-corrected chi connectivity index (χ0v) is 12.8. The van der Waals surface area contributed by atoms with E-state index in [1.165, 1.54) is 18.5 Å². The van der Waals surface area contributed by atoms with Crippen molar-refractivity contribution in [2.45, 2.75) is 65.5 Å². The Morgan fingerprint density at radius 2 is 1.67 bits per heavy atom. The number of nitrogens with zero attached hydrogens (tertiary/aromatic N) is 1. The molecule has 0 fully saturated rings. The second-order valence-electron chi connectivity index (χ2n) is 7.54. The van der Waals surface area contributed by atoms with Gasteiger partial charge in [-0.3, -0.25) is 4.90 Å². The van der Waals surface area contributed by atoms with Gasteiger partial charge in [-0.25, -0.2) is 0 Å². The lowest BCUT2D eigenvalue weighted by atomic mass is 9.80. The molecule has 0 aromatic heterocycles. The van der Waals surface area contributed by atoms with Crippen LogP contribution in [0.3, 0.4) is 0 Å². The van der Waals surface area contributed by atoms with Crippen molar-refractivity contribution in [3.05, 3.63) is 34.9 Å².